The standard InChI is InChI=1S/C24H32N6O2/c1-5-8-20(32-4)9-7-10-21-24(30-19(3)16-25-17-22(30)27-21)26-18-23(31)29-14-12-28(11-6-2)13-15-29/h5-9,16-17,26H,1-2,10-15,18H2,3-4H3/b9-7-,20-8+. The summed E-state index contributed by atoms with van der Waals surface area (Å²) in [6, 6.07) is 0. The van der Waals surface area contributed by atoms with Crippen LogP contribution in [0.25, 0.3) is 5.65 Å². The Kier molecular flexibility index (Phi) is 8.21. The van der Waals surface area contributed by atoms with Crippen molar-refractivity contribution in [2.75, 3.05) is 51.7 Å². The Bertz CT molecular complexity index is 1010. The molecule has 0 spiro atoms. The van der Waals surface area contributed by atoms with Gasteiger partial charge in [-0.15, -0.1) is 6.58 Å². The van der Waals surface area contributed by atoms with Crippen LogP contribution in [0.4, 0.5) is 5.82 Å². The van der Waals surface area contributed by atoms with E-state index in [4.69, 9.17) is 9.72 Å². The van der Waals surface area contributed by atoms with Crippen LogP contribution in [0, 0.1) is 6.92 Å². The van der Waals surface area contributed by atoms with Crippen LogP contribution in [0.2, 0.25) is 0 Å². The van der Waals surface area contributed by atoms with E-state index in [2.05, 4.69) is 28.4 Å². The van der Waals surface area contributed by atoms with Gasteiger partial charge in [-0.25, -0.2) is 4.98 Å². The fourth-order valence-electron chi connectivity index (χ4n) is 3.75. The van der Waals surface area contributed by atoms with Crippen molar-refractivity contribution < 1.29 is 9.53 Å². The van der Waals surface area contributed by atoms with E-state index >= 15 is 0 Å². The zero-order valence-electron chi connectivity index (χ0n) is 19.0. The Morgan fingerprint density at radius 1 is 1.25 bits per heavy atom. The summed E-state index contributed by atoms with van der Waals surface area (Å²) < 4.78 is 7.30. The molecular weight excluding hydrogens is 404 g/mol. The highest BCUT2D eigenvalue weighted by atomic mass is 16.5. The molecule has 1 N–H and O–H groups in total. The maximum atomic E-state index is 12.8. The molecule has 170 valence electrons. The smallest absolute Gasteiger partial charge is 0.242 e. The number of anilines is 1. The van der Waals surface area contributed by atoms with Gasteiger partial charge in [0.1, 0.15) is 11.6 Å². The average Bonchev–Trinajstić information content (AvgIpc) is 3.16. The molecule has 1 aliphatic rings. The summed E-state index contributed by atoms with van der Waals surface area (Å²) in [5.41, 5.74) is 2.53. The number of carbonyl (C=O) groups excluding carboxylic acids is 1. The van der Waals surface area contributed by atoms with Crippen molar-refractivity contribution in [1.29, 1.82) is 0 Å². The molecule has 3 rings (SSSR count). The number of amides is 1. The van der Waals surface area contributed by atoms with Gasteiger partial charge >= 0.3 is 0 Å². The van der Waals surface area contributed by atoms with Gasteiger partial charge in [0.25, 0.3) is 0 Å². The summed E-state index contributed by atoms with van der Waals surface area (Å²) in [5, 5.41) is 3.34. The zero-order chi connectivity index (χ0) is 22.9. The second kappa shape index (κ2) is 11.3. The Morgan fingerprint density at radius 2 is 2.03 bits per heavy atom. The van der Waals surface area contributed by atoms with Gasteiger partial charge in [-0.3, -0.25) is 19.1 Å². The molecule has 0 saturated carbocycles. The van der Waals surface area contributed by atoms with Crippen molar-refractivity contribution in [3.05, 3.63) is 73.1 Å². The number of hydrogen-bond donors (Lipinski definition) is 1. The number of nitrogens with zero attached hydrogens (tertiary/aromatic N) is 5. The minimum absolute atomic E-state index is 0.0852. The lowest BCUT2D eigenvalue weighted by Crippen LogP contribution is -2.50. The summed E-state index contributed by atoms with van der Waals surface area (Å²) in [5.74, 6) is 1.61. The zero-order valence-corrected chi connectivity index (χ0v) is 19.0. The van der Waals surface area contributed by atoms with E-state index in [1.165, 1.54) is 0 Å². The predicted octanol–water partition coefficient (Wildman–Crippen LogP) is 2.59. The monoisotopic (exact) mass is 436 g/mol. The number of fused-ring (bicyclic) bond motifs is 1. The second-order valence-electron chi connectivity index (χ2n) is 7.59. The number of rotatable bonds is 10. The van der Waals surface area contributed by atoms with Crippen LogP contribution in [-0.4, -0.2) is 76.5 Å². The molecule has 0 radical (unpaired) electrons. The number of methoxy groups -OCH3 is 1. The summed E-state index contributed by atoms with van der Waals surface area (Å²) in [4.78, 5) is 26.0. The first-order valence-corrected chi connectivity index (χ1v) is 10.8. The summed E-state index contributed by atoms with van der Waals surface area (Å²) in [6.07, 6.45) is 13.3. The quantitative estimate of drug-likeness (QED) is 0.351. The molecule has 8 nitrogen and oxygen atoms in total. The highest BCUT2D eigenvalue weighted by molar-refractivity contribution is 5.81. The third-order valence-electron chi connectivity index (χ3n) is 5.41. The van der Waals surface area contributed by atoms with Gasteiger partial charge in [0.15, 0.2) is 5.65 Å². The van der Waals surface area contributed by atoms with E-state index in [0.717, 1.165) is 55.6 Å². The molecule has 1 saturated heterocycles. The van der Waals surface area contributed by atoms with Crippen molar-refractivity contribution in [2.24, 2.45) is 0 Å². The number of carbonyl (C=O) groups is 1. The van der Waals surface area contributed by atoms with E-state index in [-0.39, 0.29) is 12.5 Å². The molecule has 1 aliphatic heterocycles. The lowest BCUT2D eigenvalue weighted by molar-refractivity contribution is -0.130. The first-order valence-electron chi connectivity index (χ1n) is 10.8. The van der Waals surface area contributed by atoms with Crippen LogP contribution in [0.3, 0.4) is 0 Å². The van der Waals surface area contributed by atoms with Gasteiger partial charge < -0.3 is 15.0 Å². The molecule has 0 unspecified atom stereocenters. The number of piperazine rings is 1. The van der Waals surface area contributed by atoms with Crippen molar-refractivity contribution in [2.45, 2.75) is 13.3 Å². The summed E-state index contributed by atoms with van der Waals surface area (Å²) in [6.45, 7) is 13.7. The first-order chi connectivity index (χ1) is 15.6. The molecule has 2 aromatic rings. The maximum Gasteiger partial charge on any atom is 0.242 e. The van der Waals surface area contributed by atoms with Crippen molar-refractivity contribution in [3.63, 3.8) is 0 Å². The highest BCUT2D eigenvalue weighted by Crippen LogP contribution is 2.21. The molecule has 0 aromatic carbocycles. The van der Waals surface area contributed by atoms with Gasteiger partial charge in [0, 0.05) is 51.0 Å². The van der Waals surface area contributed by atoms with Crippen LogP contribution >= 0.6 is 0 Å². The molecule has 8 heteroatoms. The molecule has 2 aromatic heterocycles. The van der Waals surface area contributed by atoms with Crippen LogP contribution in [0.15, 0.2) is 61.7 Å². The molecule has 0 bridgehead atoms. The predicted molar refractivity (Wildman–Crippen MR) is 128 cm³/mol. The van der Waals surface area contributed by atoms with E-state index in [1.807, 2.05) is 34.5 Å². The van der Waals surface area contributed by atoms with Gasteiger partial charge in [-0.2, -0.15) is 0 Å². The minimum Gasteiger partial charge on any atom is -0.497 e. The van der Waals surface area contributed by atoms with Crippen LogP contribution in [-0.2, 0) is 16.0 Å². The number of nitrogens with one attached hydrogen (secondary N) is 1. The number of hydrogen-bond acceptors (Lipinski definition) is 6. The van der Waals surface area contributed by atoms with E-state index in [0.29, 0.717) is 12.2 Å². The van der Waals surface area contributed by atoms with Gasteiger partial charge in [-0.1, -0.05) is 24.8 Å². The van der Waals surface area contributed by atoms with Gasteiger partial charge in [-0.05, 0) is 19.1 Å². The molecule has 1 amide bonds. The SMILES string of the molecule is C=C/C=C(\C=C/Cc1nc2cncc(C)n2c1NCC(=O)N1CCN(CC=C)CC1)OC. The summed E-state index contributed by atoms with van der Waals surface area (Å²) in [7, 11) is 1.62. The van der Waals surface area contributed by atoms with E-state index < -0.39 is 0 Å². The minimum atomic E-state index is 0.0852. The fourth-order valence-corrected chi connectivity index (χ4v) is 3.75. The van der Waals surface area contributed by atoms with Crippen molar-refractivity contribution in [3.8, 4) is 0 Å². The first kappa shape index (κ1) is 23.3. The Morgan fingerprint density at radius 3 is 2.72 bits per heavy atom. The van der Waals surface area contributed by atoms with Gasteiger partial charge in [0.2, 0.25) is 5.91 Å². The Balaban J connectivity index is 1.73. The summed E-state index contributed by atoms with van der Waals surface area (Å²) >= 11 is 0. The topological polar surface area (TPSA) is 75.0 Å². The third-order valence-corrected chi connectivity index (χ3v) is 5.41. The normalized spacial score (nSPS) is 15.3. The molecular formula is C24H32N6O2. The number of allylic oxidation sites excluding steroid dienone is 4. The largest absolute Gasteiger partial charge is 0.497 e. The van der Waals surface area contributed by atoms with Crippen LogP contribution in [0.1, 0.15) is 11.4 Å². The second-order valence-corrected chi connectivity index (χ2v) is 7.59. The number of imidazole rings is 1. The Labute approximate surface area is 189 Å². The highest BCUT2D eigenvalue weighted by Gasteiger charge is 2.21. The average molecular weight is 437 g/mol. The van der Waals surface area contributed by atoms with Crippen molar-refractivity contribution in [1.82, 2.24) is 24.2 Å². The lowest BCUT2D eigenvalue weighted by Gasteiger charge is -2.34. The van der Waals surface area contributed by atoms with Crippen molar-refractivity contribution >= 4 is 17.4 Å². The van der Waals surface area contributed by atoms with Crippen LogP contribution in [0.5, 0.6) is 0 Å². The van der Waals surface area contributed by atoms with E-state index in [9.17, 15) is 4.79 Å². The molecule has 3 heterocycles. The lowest BCUT2D eigenvalue weighted by atomic mass is 10.2. The molecule has 1 fully saturated rings. The van der Waals surface area contributed by atoms with E-state index in [1.54, 1.807) is 31.7 Å². The maximum absolute atomic E-state index is 12.8. The number of aryl methyl sites for hydroxylation is 1. The molecule has 32 heavy (non-hydrogen) atoms. The fraction of sp³-hybridized carbons (Fsp3) is 0.375. The van der Waals surface area contributed by atoms with Crippen LogP contribution < -0.4 is 5.32 Å². The number of ether oxygens (including phenoxy) is 1. The van der Waals surface area contributed by atoms with Gasteiger partial charge in [0.05, 0.1) is 25.5 Å². The molecule has 0 atom stereocenters. The number of aromatic nitrogens is 3. The third kappa shape index (κ3) is 5.64. The Hall–Kier alpha value is -3.39. The molecule has 0 aliphatic carbocycles.